The SMILES string of the molecule is C[C@@H](NC(=O)OC(C)(C)C)C(=O)N1CC(F)(F)C1.C[C@@H](NC(=O)OC(C)(C)C)C(=O)O.Cl.FC1(F)CNC1. The third-order valence-corrected chi connectivity index (χ3v) is 4.13. The van der Waals surface area contributed by atoms with Gasteiger partial charge in [-0.1, -0.05) is 0 Å². The van der Waals surface area contributed by atoms with E-state index in [-0.39, 0.29) is 25.5 Å². The highest BCUT2D eigenvalue weighted by molar-refractivity contribution is 5.86. The van der Waals surface area contributed by atoms with E-state index in [2.05, 4.69) is 16.0 Å². The molecule has 2 saturated heterocycles. The Labute approximate surface area is 225 Å². The van der Waals surface area contributed by atoms with E-state index in [0.29, 0.717) is 0 Å². The first-order valence-corrected chi connectivity index (χ1v) is 11.4. The van der Waals surface area contributed by atoms with Crippen molar-refractivity contribution in [2.24, 2.45) is 0 Å². The van der Waals surface area contributed by atoms with Gasteiger partial charge in [-0.15, -0.1) is 12.4 Å². The quantitative estimate of drug-likeness (QED) is 0.370. The third kappa shape index (κ3) is 17.1. The third-order valence-electron chi connectivity index (χ3n) is 4.13. The maximum absolute atomic E-state index is 12.6. The van der Waals surface area contributed by atoms with Gasteiger partial charge in [0.05, 0.1) is 26.2 Å². The van der Waals surface area contributed by atoms with Crippen molar-refractivity contribution in [1.29, 1.82) is 0 Å². The lowest BCUT2D eigenvalue weighted by Gasteiger charge is -2.40. The summed E-state index contributed by atoms with van der Waals surface area (Å²) in [5.74, 6) is -6.82. The van der Waals surface area contributed by atoms with Gasteiger partial charge in [0, 0.05) is 0 Å². The first-order chi connectivity index (χ1) is 16.4. The highest BCUT2D eigenvalue weighted by Crippen LogP contribution is 2.27. The minimum atomic E-state index is -2.80. The molecule has 2 rings (SSSR count). The zero-order valence-corrected chi connectivity index (χ0v) is 23.6. The maximum atomic E-state index is 12.6. The number of hydrogen-bond donors (Lipinski definition) is 4. The zero-order chi connectivity index (χ0) is 29.4. The number of rotatable bonds is 4. The number of ether oxygens (including phenoxy) is 2. The number of carboxylic acids is 1. The van der Waals surface area contributed by atoms with Crippen LogP contribution in [-0.2, 0) is 19.1 Å². The molecular formula is C22H39ClF4N4O7. The molecule has 0 spiro atoms. The number of carbonyl (C=O) groups is 4. The molecule has 0 aromatic heterocycles. The van der Waals surface area contributed by atoms with Gasteiger partial charge in [-0.2, -0.15) is 0 Å². The van der Waals surface area contributed by atoms with E-state index in [9.17, 15) is 36.7 Å². The molecule has 3 amide bonds. The smallest absolute Gasteiger partial charge is 0.408 e. The van der Waals surface area contributed by atoms with Crippen molar-refractivity contribution in [1.82, 2.24) is 20.9 Å². The number of aliphatic carboxylic acids is 1. The highest BCUT2D eigenvalue weighted by atomic mass is 35.5. The number of carbonyl (C=O) groups excluding carboxylic acids is 3. The molecule has 2 aliphatic heterocycles. The van der Waals surface area contributed by atoms with Crippen molar-refractivity contribution >= 4 is 36.5 Å². The second kappa shape index (κ2) is 14.6. The number of hydrogen-bond acceptors (Lipinski definition) is 7. The fourth-order valence-electron chi connectivity index (χ4n) is 2.35. The number of amides is 3. The van der Waals surface area contributed by atoms with E-state index < -0.39 is 72.3 Å². The van der Waals surface area contributed by atoms with Gasteiger partial charge in [0.2, 0.25) is 5.91 Å². The van der Waals surface area contributed by atoms with Crippen molar-refractivity contribution in [2.75, 3.05) is 26.2 Å². The number of alkyl halides is 4. The average Bonchev–Trinajstić information content (AvgIpc) is 2.62. The molecule has 0 aliphatic carbocycles. The fourth-order valence-corrected chi connectivity index (χ4v) is 2.35. The van der Waals surface area contributed by atoms with Crippen LogP contribution in [0.25, 0.3) is 0 Å². The molecule has 224 valence electrons. The lowest BCUT2D eigenvalue weighted by atomic mass is 10.1. The summed E-state index contributed by atoms with van der Waals surface area (Å²) in [6.07, 6.45) is -1.46. The van der Waals surface area contributed by atoms with Crippen molar-refractivity contribution in [3.8, 4) is 0 Å². The number of halogens is 5. The van der Waals surface area contributed by atoms with Gasteiger partial charge < -0.3 is 35.4 Å². The van der Waals surface area contributed by atoms with Gasteiger partial charge >= 0.3 is 18.2 Å². The molecule has 2 fully saturated rings. The van der Waals surface area contributed by atoms with Crippen LogP contribution in [0, 0.1) is 0 Å². The molecule has 2 atom stereocenters. The standard InChI is InChI=1S/C11H18F2N2O3.C8H15NO4.C3H5F2N.ClH/c1-7(14-9(17)18-10(2,3)4)8(16)15-5-11(12,13)6-15;1-5(6(10)11)9-7(12)13-8(2,3)4;4-3(5)1-6-2-3;/h7H,5-6H2,1-4H3,(H,14,17);5H,1-4H3,(H,9,12)(H,10,11);6H,1-2H2;1H/t7-;5-;;/m11../s1. The molecule has 0 bridgehead atoms. The van der Waals surface area contributed by atoms with Gasteiger partial charge in [-0.3, -0.25) is 9.59 Å². The summed E-state index contributed by atoms with van der Waals surface area (Å²) in [5, 5.41) is 15.4. The summed E-state index contributed by atoms with van der Waals surface area (Å²) in [5.41, 5.74) is -1.28. The van der Waals surface area contributed by atoms with Crippen LogP contribution >= 0.6 is 12.4 Å². The monoisotopic (exact) mass is 582 g/mol. The Bertz CT molecular complexity index is 807. The van der Waals surface area contributed by atoms with Gasteiger partial charge in [-0.25, -0.2) is 27.2 Å². The molecule has 0 unspecified atom stereocenters. The first-order valence-electron chi connectivity index (χ1n) is 11.4. The lowest BCUT2D eigenvalue weighted by Crippen LogP contribution is -2.62. The Kier molecular flexibility index (Phi) is 14.4. The minimum Gasteiger partial charge on any atom is -0.480 e. The number of carboxylic acid groups (broad SMARTS) is 1. The summed E-state index contributed by atoms with van der Waals surface area (Å²) in [7, 11) is 0. The average molecular weight is 583 g/mol. The van der Waals surface area contributed by atoms with Gasteiger partial charge in [-0.05, 0) is 55.4 Å². The van der Waals surface area contributed by atoms with Gasteiger partial charge in [0.1, 0.15) is 23.3 Å². The Morgan fingerprint density at radius 3 is 1.39 bits per heavy atom. The molecule has 2 aliphatic rings. The fraction of sp³-hybridized carbons (Fsp3) is 0.818. The molecular weight excluding hydrogens is 544 g/mol. The van der Waals surface area contributed by atoms with Crippen LogP contribution in [0.5, 0.6) is 0 Å². The molecule has 11 nitrogen and oxygen atoms in total. The topological polar surface area (TPSA) is 146 Å². The van der Waals surface area contributed by atoms with Crippen LogP contribution in [0.3, 0.4) is 0 Å². The highest BCUT2D eigenvalue weighted by Gasteiger charge is 2.47. The van der Waals surface area contributed by atoms with Crippen LogP contribution < -0.4 is 16.0 Å². The molecule has 0 aromatic carbocycles. The van der Waals surface area contributed by atoms with Crippen molar-refractivity contribution < 1.29 is 51.3 Å². The summed E-state index contributed by atoms with van der Waals surface area (Å²) >= 11 is 0. The van der Waals surface area contributed by atoms with Crippen LogP contribution in [-0.4, -0.2) is 95.4 Å². The second-order valence-electron chi connectivity index (χ2n) is 10.6. The number of likely N-dealkylation sites (tertiary alicyclic amines) is 1. The molecule has 0 saturated carbocycles. The second-order valence-corrected chi connectivity index (χ2v) is 10.6. The summed E-state index contributed by atoms with van der Waals surface area (Å²) in [4.78, 5) is 45.3. The lowest BCUT2D eigenvalue weighted by molar-refractivity contribution is -0.167. The van der Waals surface area contributed by atoms with Crippen LogP contribution in [0.4, 0.5) is 27.2 Å². The molecule has 16 heteroatoms. The summed E-state index contributed by atoms with van der Waals surface area (Å²) < 4.78 is 57.9. The molecule has 2 heterocycles. The summed E-state index contributed by atoms with van der Waals surface area (Å²) in [6.45, 7) is 11.5. The maximum Gasteiger partial charge on any atom is 0.408 e. The van der Waals surface area contributed by atoms with E-state index in [0.717, 1.165) is 4.90 Å². The zero-order valence-electron chi connectivity index (χ0n) is 22.7. The predicted octanol–water partition coefficient (Wildman–Crippen LogP) is 3.01. The number of nitrogens with zero attached hydrogens (tertiary/aromatic N) is 1. The predicted molar refractivity (Wildman–Crippen MR) is 132 cm³/mol. The van der Waals surface area contributed by atoms with Crippen LogP contribution in [0.1, 0.15) is 55.4 Å². The Hall–Kier alpha value is -2.55. The van der Waals surface area contributed by atoms with Gasteiger partial charge in [0.15, 0.2) is 0 Å². The molecule has 38 heavy (non-hydrogen) atoms. The number of nitrogens with one attached hydrogen (secondary N) is 3. The van der Waals surface area contributed by atoms with E-state index in [1.807, 2.05) is 0 Å². The van der Waals surface area contributed by atoms with E-state index in [4.69, 9.17) is 14.6 Å². The first kappa shape index (κ1) is 37.6. The summed E-state index contributed by atoms with van der Waals surface area (Å²) in [6, 6.07) is -1.81. The van der Waals surface area contributed by atoms with Crippen molar-refractivity contribution in [2.45, 2.75) is 90.5 Å². The van der Waals surface area contributed by atoms with E-state index in [1.165, 1.54) is 13.8 Å². The Morgan fingerprint density at radius 1 is 0.816 bits per heavy atom. The molecule has 0 radical (unpaired) electrons. The largest absolute Gasteiger partial charge is 0.480 e. The number of alkyl carbamates (subject to hydrolysis) is 2. The Morgan fingerprint density at radius 2 is 1.16 bits per heavy atom. The van der Waals surface area contributed by atoms with Gasteiger partial charge in [0.25, 0.3) is 11.8 Å². The minimum absolute atomic E-state index is 0. The van der Waals surface area contributed by atoms with Crippen LogP contribution in [0.15, 0.2) is 0 Å². The van der Waals surface area contributed by atoms with E-state index in [1.54, 1.807) is 41.5 Å². The molecule has 4 N–H and O–H groups in total. The Balaban J connectivity index is 0. The normalized spacial score (nSPS) is 18.5. The molecule has 0 aromatic rings. The van der Waals surface area contributed by atoms with E-state index >= 15 is 0 Å². The van der Waals surface area contributed by atoms with Crippen molar-refractivity contribution in [3.05, 3.63) is 0 Å². The van der Waals surface area contributed by atoms with Crippen molar-refractivity contribution in [3.63, 3.8) is 0 Å². The van der Waals surface area contributed by atoms with Crippen LogP contribution in [0.2, 0.25) is 0 Å².